The summed E-state index contributed by atoms with van der Waals surface area (Å²) in [6.07, 6.45) is 6.55. The Hall–Kier alpha value is -3.00. The van der Waals surface area contributed by atoms with Crippen LogP contribution >= 0.6 is 0 Å². The van der Waals surface area contributed by atoms with E-state index in [1.807, 2.05) is 12.1 Å². The van der Waals surface area contributed by atoms with Crippen LogP contribution in [0.2, 0.25) is 0 Å². The maximum Gasteiger partial charge on any atom is 0.122 e. The van der Waals surface area contributed by atoms with Crippen LogP contribution in [0.25, 0.3) is 27.6 Å². The van der Waals surface area contributed by atoms with Crippen LogP contribution in [0, 0.1) is 6.92 Å². The molecular formula is C28H30O2. The zero-order chi connectivity index (χ0) is 21.1. The van der Waals surface area contributed by atoms with Gasteiger partial charge in [0.2, 0.25) is 0 Å². The third-order valence-electron chi connectivity index (χ3n) is 6.18. The lowest BCUT2D eigenvalue weighted by Crippen LogP contribution is -2.04. The Morgan fingerprint density at radius 1 is 0.767 bits per heavy atom. The van der Waals surface area contributed by atoms with E-state index < -0.39 is 0 Å². The second-order valence-corrected chi connectivity index (χ2v) is 7.96. The van der Waals surface area contributed by atoms with Crippen molar-refractivity contribution in [2.75, 3.05) is 14.2 Å². The van der Waals surface area contributed by atoms with E-state index in [-0.39, 0.29) is 0 Å². The molecule has 0 unspecified atom stereocenters. The molecule has 0 amide bonds. The molecule has 0 spiro atoms. The van der Waals surface area contributed by atoms with E-state index in [9.17, 15) is 0 Å². The van der Waals surface area contributed by atoms with Gasteiger partial charge in [0.1, 0.15) is 11.5 Å². The van der Waals surface area contributed by atoms with Gasteiger partial charge in [0.15, 0.2) is 0 Å². The van der Waals surface area contributed by atoms with Gasteiger partial charge in [0.25, 0.3) is 0 Å². The molecule has 2 nitrogen and oxygen atoms in total. The summed E-state index contributed by atoms with van der Waals surface area (Å²) in [7, 11) is 3.44. The number of hydrogen-bond donors (Lipinski definition) is 0. The average Bonchev–Trinajstić information content (AvgIpc) is 2.79. The topological polar surface area (TPSA) is 18.5 Å². The van der Waals surface area contributed by atoms with Gasteiger partial charge in [-0.3, -0.25) is 0 Å². The molecule has 0 radical (unpaired) electrons. The summed E-state index contributed by atoms with van der Waals surface area (Å²) in [6.45, 7) is 4.34. The summed E-state index contributed by atoms with van der Waals surface area (Å²) in [5.74, 6) is 1.83. The molecule has 2 heteroatoms. The van der Waals surface area contributed by atoms with E-state index in [0.29, 0.717) is 0 Å². The van der Waals surface area contributed by atoms with E-state index in [1.165, 1.54) is 43.5 Å². The molecule has 0 bridgehead atoms. The van der Waals surface area contributed by atoms with Crippen LogP contribution in [-0.2, 0) is 12.8 Å². The number of methoxy groups -OCH3 is 2. The molecule has 4 aromatic rings. The first-order valence-corrected chi connectivity index (χ1v) is 10.8. The first-order valence-electron chi connectivity index (χ1n) is 10.8. The van der Waals surface area contributed by atoms with Crippen LogP contribution in [0.5, 0.6) is 11.5 Å². The summed E-state index contributed by atoms with van der Waals surface area (Å²) >= 11 is 0. The Morgan fingerprint density at radius 2 is 1.53 bits per heavy atom. The molecule has 0 N–H and O–H groups in total. The Morgan fingerprint density at radius 3 is 2.27 bits per heavy atom. The molecule has 0 saturated carbocycles. The van der Waals surface area contributed by atoms with Crippen LogP contribution < -0.4 is 14.7 Å². The molecule has 4 aromatic carbocycles. The molecule has 154 valence electrons. The Kier molecular flexibility index (Phi) is 5.94. The Labute approximate surface area is 179 Å². The lowest BCUT2D eigenvalue weighted by molar-refractivity contribution is 0.398. The van der Waals surface area contributed by atoms with Crippen LogP contribution in [0.15, 0.2) is 54.6 Å². The number of unbranched alkanes of at least 4 members (excludes halogenated alkanes) is 1. The molecule has 0 aliphatic carbocycles. The molecule has 0 heterocycles. The van der Waals surface area contributed by atoms with Gasteiger partial charge in [-0.15, -0.1) is 0 Å². The van der Waals surface area contributed by atoms with E-state index in [1.54, 1.807) is 14.2 Å². The standard InChI is InChI=1S/C28H30O2/c1-5-20-11-13-22-14-12-21(25-16-10-19(2)27(20)28(22)25)8-6-7-9-23-18-24(29-3)15-17-26(23)30-4/h5,10-18H,6-9H2,1-4H3. The van der Waals surface area contributed by atoms with Crippen molar-refractivity contribution in [1.29, 1.82) is 0 Å². The second-order valence-electron chi connectivity index (χ2n) is 7.96. The highest BCUT2D eigenvalue weighted by atomic mass is 16.5. The van der Waals surface area contributed by atoms with E-state index in [0.717, 1.165) is 37.2 Å². The summed E-state index contributed by atoms with van der Waals surface area (Å²) in [4.78, 5) is 0. The van der Waals surface area contributed by atoms with E-state index in [2.05, 4.69) is 62.4 Å². The predicted molar refractivity (Wildman–Crippen MR) is 128 cm³/mol. The van der Waals surface area contributed by atoms with Crippen LogP contribution in [-0.4, -0.2) is 14.2 Å². The minimum absolute atomic E-state index is 0.887. The van der Waals surface area contributed by atoms with Crippen molar-refractivity contribution < 1.29 is 9.47 Å². The summed E-state index contributed by atoms with van der Waals surface area (Å²) < 4.78 is 10.9. The number of benzene rings is 4. The quantitative estimate of drug-likeness (QED) is 0.335. The van der Waals surface area contributed by atoms with Gasteiger partial charge in [0.05, 0.1) is 14.2 Å². The summed E-state index contributed by atoms with van der Waals surface area (Å²) in [6, 6.07) is 19.7. The van der Waals surface area contributed by atoms with Gasteiger partial charge < -0.3 is 9.47 Å². The highest BCUT2D eigenvalue weighted by Crippen LogP contribution is 2.31. The molecule has 0 aliphatic heterocycles. The molecular weight excluding hydrogens is 368 g/mol. The van der Waals surface area contributed by atoms with Crippen LogP contribution in [0.4, 0.5) is 0 Å². The normalized spacial score (nSPS) is 12.1. The third kappa shape index (κ3) is 3.75. The molecule has 0 aliphatic rings. The van der Waals surface area contributed by atoms with Crippen molar-refractivity contribution in [3.63, 3.8) is 0 Å². The van der Waals surface area contributed by atoms with Gasteiger partial charge in [-0.25, -0.2) is 0 Å². The summed E-state index contributed by atoms with van der Waals surface area (Å²) in [5, 5.41) is 6.87. The highest BCUT2D eigenvalue weighted by Gasteiger charge is 2.10. The lowest BCUT2D eigenvalue weighted by Gasteiger charge is -2.14. The number of hydrogen-bond acceptors (Lipinski definition) is 2. The highest BCUT2D eigenvalue weighted by molar-refractivity contribution is 6.12. The van der Waals surface area contributed by atoms with Gasteiger partial charge >= 0.3 is 0 Å². The first-order chi connectivity index (χ1) is 14.7. The Bertz CT molecular complexity index is 1240. The minimum Gasteiger partial charge on any atom is -0.497 e. The fraction of sp³-hybridized carbons (Fsp3) is 0.286. The molecule has 0 saturated heterocycles. The van der Waals surface area contributed by atoms with Crippen molar-refractivity contribution in [2.24, 2.45) is 0 Å². The van der Waals surface area contributed by atoms with Crippen molar-refractivity contribution in [1.82, 2.24) is 0 Å². The molecule has 0 fully saturated rings. The first kappa shape index (κ1) is 20.3. The zero-order valence-corrected chi connectivity index (χ0v) is 18.4. The van der Waals surface area contributed by atoms with Gasteiger partial charge in [-0.1, -0.05) is 42.5 Å². The average molecular weight is 399 g/mol. The molecule has 4 rings (SSSR count). The zero-order valence-electron chi connectivity index (χ0n) is 18.4. The van der Waals surface area contributed by atoms with Crippen molar-refractivity contribution in [3.05, 3.63) is 76.5 Å². The maximum atomic E-state index is 5.53. The van der Waals surface area contributed by atoms with Gasteiger partial charge in [0, 0.05) is 0 Å². The van der Waals surface area contributed by atoms with Crippen molar-refractivity contribution in [2.45, 2.75) is 39.5 Å². The van der Waals surface area contributed by atoms with E-state index >= 15 is 0 Å². The lowest BCUT2D eigenvalue weighted by atomic mass is 9.91. The Balaban J connectivity index is 1.57. The smallest absolute Gasteiger partial charge is 0.122 e. The number of rotatable bonds is 7. The summed E-state index contributed by atoms with van der Waals surface area (Å²) in [5.41, 5.74) is 4.01. The van der Waals surface area contributed by atoms with Crippen LogP contribution in [0.1, 0.15) is 36.5 Å². The number of aryl methyl sites for hydroxylation is 3. The SMILES string of the molecule is CC=c1ccc2ccc(CCCCc3cc(OC)ccc3OC)c3ccc(C)c1c23. The third-order valence-corrected chi connectivity index (χ3v) is 6.18. The maximum absolute atomic E-state index is 5.53. The molecule has 0 aromatic heterocycles. The van der Waals surface area contributed by atoms with E-state index in [4.69, 9.17) is 9.47 Å². The van der Waals surface area contributed by atoms with Crippen molar-refractivity contribution in [3.8, 4) is 11.5 Å². The minimum atomic E-state index is 0.887. The fourth-order valence-electron chi connectivity index (χ4n) is 4.58. The number of ether oxygens (including phenoxy) is 2. The molecule has 0 atom stereocenters. The van der Waals surface area contributed by atoms with Gasteiger partial charge in [-0.05, 0) is 101 Å². The predicted octanol–water partition coefficient (Wildman–Crippen LogP) is 6.40. The monoisotopic (exact) mass is 398 g/mol. The fourth-order valence-corrected chi connectivity index (χ4v) is 4.58. The molecule has 30 heavy (non-hydrogen) atoms. The largest absolute Gasteiger partial charge is 0.497 e. The van der Waals surface area contributed by atoms with Crippen LogP contribution in [0.3, 0.4) is 0 Å². The second kappa shape index (κ2) is 8.79. The van der Waals surface area contributed by atoms with Gasteiger partial charge in [-0.2, -0.15) is 0 Å². The van der Waals surface area contributed by atoms with Crippen molar-refractivity contribution >= 4 is 27.6 Å².